The van der Waals surface area contributed by atoms with Crippen molar-refractivity contribution in [2.75, 3.05) is 12.3 Å². The van der Waals surface area contributed by atoms with Crippen LogP contribution in [0.15, 0.2) is 4.99 Å². The molecule has 4 bridgehead atoms. The number of carbonyl (C=O) groups is 1. The maximum absolute atomic E-state index is 11.1. The fourth-order valence-corrected chi connectivity index (χ4v) is 6.98. The van der Waals surface area contributed by atoms with Crippen LogP contribution in [0.25, 0.3) is 0 Å². The Balaban J connectivity index is 1.52. The van der Waals surface area contributed by atoms with Crippen molar-refractivity contribution in [2.24, 2.45) is 28.7 Å². The number of aliphatic carboxylic acids is 1. The molecule has 4 saturated carbocycles. The second kappa shape index (κ2) is 6.30. The molecule has 1 aliphatic heterocycles. The lowest BCUT2D eigenvalue weighted by molar-refractivity contribution is -0.137. The van der Waals surface area contributed by atoms with E-state index in [1.54, 1.807) is 11.8 Å². The van der Waals surface area contributed by atoms with E-state index < -0.39 is 5.97 Å². The Labute approximate surface area is 143 Å². The summed E-state index contributed by atoms with van der Waals surface area (Å²) < 4.78 is 0. The largest absolute Gasteiger partial charge is 0.481 e. The fraction of sp³-hybridized carbons (Fsp3) is 0.889. The van der Waals surface area contributed by atoms with E-state index in [2.05, 4.69) is 11.8 Å². The van der Waals surface area contributed by atoms with Crippen molar-refractivity contribution >= 4 is 22.9 Å². The summed E-state index contributed by atoms with van der Waals surface area (Å²) in [6.07, 6.45) is 8.35. The summed E-state index contributed by atoms with van der Waals surface area (Å²) in [7, 11) is 0. The second-order valence-electron chi connectivity index (χ2n) is 8.09. The van der Waals surface area contributed by atoms with Crippen molar-refractivity contribution in [1.82, 2.24) is 4.90 Å². The molecule has 128 valence electrons. The van der Waals surface area contributed by atoms with Crippen molar-refractivity contribution in [3.8, 4) is 0 Å². The molecule has 1 saturated heterocycles. The van der Waals surface area contributed by atoms with Gasteiger partial charge in [0.05, 0.1) is 18.5 Å². The van der Waals surface area contributed by atoms with Crippen molar-refractivity contribution in [3.05, 3.63) is 0 Å². The molecule has 0 aromatic carbocycles. The third-order valence-electron chi connectivity index (χ3n) is 6.40. The number of hydrogen-bond acceptors (Lipinski definition) is 3. The van der Waals surface area contributed by atoms with Crippen molar-refractivity contribution in [2.45, 2.75) is 64.0 Å². The molecule has 4 nitrogen and oxygen atoms in total. The molecule has 1 heterocycles. The lowest BCUT2D eigenvalue weighted by atomic mass is 9.54. The Bertz CT molecular complexity index is 479. The minimum Gasteiger partial charge on any atom is -0.481 e. The van der Waals surface area contributed by atoms with Gasteiger partial charge in [-0.05, 0) is 62.2 Å². The molecule has 0 spiro atoms. The molecule has 5 fully saturated rings. The van der Waals surface area contributed by atoms with E-state index in [1.807, 2.05) is 0 Å². The number of amidine groups is 1. The maximum atomic E-state index is 11.1. The first kappa shape index (κ1) is 15.8. The number of nitrogens with zero attached hydrogens (tertiary/aromatic N) is 2. The van der Waals surface area contributed by atoms with E-state index in [4.69, 9.17) is 10.1 Å². The smallest absolute Gasteiger partial charge is 0.305 e. The van der Waals surface area contributed by atoms with Crippen LogP contribution in [-0.4, -0.2) is 45.5 Å². The first-order chi connectivity index (χ1) is 11.1. The zero-order chi connectivity index (χ0) is 16.0. The maximum Gasteiger partial charge on any atom is 0.305 e. The normalized spacial score (nSPS) is 43.5. The third kappa shape index (κ3) is 3.01. The highest BCUT2D eigenvalue weighted by Gasteiger charge is 2.48. The molecule has 5 aliphatic rings. The van der Waals surface area contributed by atoms with Crippen LogP contribution in [0, 0.1) is 23.7 Å². The molecule has 23 heavy (non-hydrogen) atoms. The molecule has 5 heteroatoms. The third-order valence-corrected chi connectivity index (χ3v) is 7.55. The van der Waals surface area contributed by atoms with Crippen molar-refractivity contribution < 1.29 is 9.90 Å². The standard InChI is InChI=1S/C18H28N2O2S/c1-2-3-20-15(9-16(21)22)10-23-18(20)19-17-13-5-11-4-12(7-13)8-14(17)6-11/h11-15,17H,2-10H2,1H3,(H,21,22). The summed E-state index contributed by atoms with van der Waals surface area (Å²) in [5, 5.41) is 10.3. The predicted octanol–water partition coefficient (Wildman–Crippen LogP) is 3.47. The zero-order valence-electron chi connectivity index (χ0n) is 14.0. The first-order valence-corrected chi connectivity index (χ1v) is 10.3. The molecule has 0 aromatic heterocycles. The summed E-state index contributed by atoms with van der Waals surface area (Å²) >= 11 is 1.80. The molecule has 1 atom stereocenters. The summed E-state index contributed by atoms with van der Waals surface area (Å²) in [6.45, 7) is 3.11. The van der Waals surface area contributed by atoms with E-state index in [1.165, 1.54) is 32.1 Å². The van der Waals surface area contributed by atoms with Gasteiger partial charge in [0.15, 0.2) is 5.17 Å². The molecular formula is C18H28N2O2S. The number of rotatable bonds is 5. The Kier molecular flexibility index (Phi) is 4.33. The average molecular weight is 337 g/mol. The zero-order valence-corrected chi connectivity index (χ0v) is 14.8. The highest BCUT2D eigenvalue weighted by atomic mass is 32.2. The van der Waals surface area contributed by atoms with Crippen molar-refractivity contribution in [1.29, 1.82) is 0 Å². The Morgan fingerprint density at radius 2 is 1.87 bits per heavy atom. The summed E-state index contributed by atoms with van der Waals surface area (Å²) in [5.41, 5.74) is 0. The Morgan fingerprint density at radius 1 is 1.22 bits per heavy atom. The molecule has 0 aromatic rings. The Morgan fingerprint density at radius 3 is 2.43 bits per heavy atom. The SMILES string of the molecule is CCCN1C(=NC2C3CC4CC(C3)CC2C4)SCC1CC(=O)O. The van der Waals surface area contributed by atoms with Crippen LogP contribution in [-0.2, 0) is 4.79 Å². The number of thioether (sulfide) groups is 1. The highest BCUT2D eigenvalue weighted by molar-refractivity contribution is 8.14. The molecule has 1 unspecified atom stereocenters. The fourth-order valence-electron chi connectivity index (χ4n) is 5.74. The van der Waals surface area contributed by atoms with Crippen LogP contribution in [0.4, 0.5) is 0 Å². The minimum atomic E-state index is -0.687. The van der Waals surface area contributed by atoms with Gasteiger partial charge in [0.1, 0.15) is 0 Å². The van der Waals surface area contributed by atoms with E-state index in [-0.39, 0.29) is 12.5 Å². The minimum absolute atomic E-state index is 0.132. The van der Waals surface area contributed by atoms with Gasteiger partial charge in [-0.15, -0.1) is 0 Å². The molecule has 4 aliphatic carbocycles. The van der Waals surface area contributed by atoms with E-state index >= 15 is 0 Å². The van der Waals surface area contributed by atoms with Crippen LogP contribution >= 0.6 is 11.8 Å². The van der Waals surface area contributed by atoms with Crippen LogP contribution in [0.3, 0.4) is 0 Å². The second-order valence-corrected chi connectivity index (χ2v) is 9.08. The summed E-state index contributed by atoms with van der Waals surface area (Å²) in [4.78, 5) is 18.7. The van der Waals surface area contributed by atoms with E-state index in [9.17, 15) is 4.79 Å². The van der Waals surface area contributed by atoms with Gasteiger partial charge in [0.25, 0.3) is 0 Å². The summed E-state index contributed by atoms with van der Waals surface area (Å²) in [6, 6.07) is 0.654. The quantitative estimate of drug-likeness (QED) is 0.835. The molecule has 1 N–H and O–H groups in total. The topological polar surface area (TPSA) is 52.9 Å². The van der Waals surface area contributed by atoms with Gasteiger partial charge in [-0.25, -0.2) is 0 Å². The summed E-state index contributed by atoms with van der Waals surface area (Å²) in [5.74, 6) is 3.78. The number of hydrogen-bond donors (Lipinski definition) is 1. The van der Waals surface area contributed by atoms with Crippen LogP contribution in [0.2, 0.25) is 0 Å². The number of carboxylic acids is 1. The predicted molar refractivity (Wildman–Crippen MR) is 93.8 cm³/mol. The molecule has 5 rings (SSSR count). The van der Waals surface area contributed by atoms with E-state index in [0.29, 0.717) is 6.04 Å². The van der Waals surface area contributed by atoms with Crippen LogP contribution in [0.5, 0.6) is 0 Å². The van der Waals surface area contributed by atoms with Gasteiger partial charge in [0.2, 0.25) is 0 Å². The number of carboxylic acid groups (broad SMARTS) is 1. The average Bonchev–Trinajstić information content (AvgIpc) is 2.84. The molecular weight excluding hydrogens is 308 g/mol. The number of aliphatic imine (C=N–C) groups is 1. The van der Waals surface area contributed by atoms with Gasteiger partial charge in [0, 0.05) is 12.3 Å². The van der Waals surface area contributed by atoms with E-state index in [0.717, 1.165) is 47.6 Å². The van der Waals surface area contributed by atoms with Gasteiger partial charge < -0.3 is 10.0 Å². The molecule has 0 amide bonds. The van der Waals surface area contributed by atoms with Gasteiger partial charge >= 0.3 is 5.97 Å². The Hall–Kier alpha value is -0.710. The van der Waals surface area contributed by atoms with Crippen LogP contribution in [0.1, 0.15) is 51.9 Å². The lowest BCUT2D eigenvalue weighted by Gasteiger charge is -2.53. The van der Waals surface area contributed by atoms with Crippen LogP contribution < -0.4 is 0 Å². The first-order valence-electron chi connectivity index (χ1n) is 9.33. The monoisotopic (exact) mass is 336 g/mol. The van der Waals surface area contributed by atoms with Crippen molar-refractivity contribution in [3.63, 3.8) is 0 Å². The van der Waals surface area contributed by atoms with Gasteiger partial charge in [-0.3, -0.25) is 9.79 Å². The van der Waals surface area contributed by atoms with Gasteiger partial charge in [-0.1, -0.05) is 18.7 Å². The molecule has 0 radical (unpaired) electrons. The highest BCUT2D eigenvalue weighted by Crippen LogP contribution is 2.55. The lowest BCUT2D eigenvalue weighted by Crippen LogP contribution is -2.48. The van der Waals surface area contributed by atoms with Gasteiger partial charge in [-0.2, -0.15) is 0 Å².